The van der Waals surface area contributed by atoms with Gasteiger partial charge in [-0.1, -0.05) is 24.3 Å². The van der Waals surface area contributed by atoms with Crippen LogP contribution in [-0.2, 0) is 17.5 Å². The third-order valence-corrected chi connectivity index (χ3v) is 5.75. The van der Waals surface area contributed by atoms with Gasteiger partial charge in [-0.15, -0.1) is 0 Å². The molecule has 1 fully saturated rings. The number of ether oxygens (including phenoxy) is 1. The largest absolute Gasteiger partial charge is 0.495 e. The number of para-hydroxylation sites is 2. The van der Waals surface area contributed by atoms with Gasteiger partial charge in [0.2, 0.25) is 5.91 Å². The molecule has 7 nitrogen and oxygen atoms in total. The number of hydrogen-bond acceptors (Lipinski definition) is 5. The molecule has 4 rings (SSSR count). The summed E-state index contributed by atoms with van der Waals surface area (Å²) in [5, 5.41) is 0. The summed E-state index contributed by atoms with van der Waals surface area (Å²) in [6.07, 6.45) is -3.19. The van der Waals surface area contributed by atoms with E-state index < -0.39 is 17.3 Å². The Bertz CT molecular complexity index is 1220. The Balaban J connectivity index is 1.39. The maximum Gasteiger partial charge on any atom is 0.416 e. The van der Waals surface area contributed by atoms with Crippen molar-refractivity contribution < 1.29 is 22.7 Å². The van der Waals surface area contributed by atoms with Crippen molar-refractivity contribution in [2.45, 2.75) is 12.7 Å². The standard InChI is InChI=1S/C24H23F3N4O3/c1-34-21-5-3-2-4-20(21)29-10-12-30(13-11-29)23(33)15-31-16-28-19(14-22(31)32)17-6-8-18(9-7-17)24(25,26)27/h2-9,14,16H,10-13,15H2,1H3. The van der Waals surface area contributed by atoms with Crippen LogP contribution >= 0.6 is 0 Å². The smallest absolute Gasteiger partial charge is 0.416 e. The number of benzene rings is 2. The molecular formula is C24H23F3N4O3. The van der Waals surface area contributed by atoms with Crippen LogP contribution in [0.1, 0.15) is 5.56 Å². The molecule has 0 unspecified atom stereocenters. The number of rotatable bonds is 5. The zero-order chi connectivity index (χ0) is 24.3. The number of nitrogens with zero attached hydrogens (tertiary/aromatic N) is 4. The molecule has 0 N–H and O–H groups in total. The predicted octanol–water partition coefficient (Wildman–Crippen LogP) is 3.29. The highest BCUT2D eigenvalue weighted by atomic mass is 19.4. The molecule has 2 heterocycles. The molecule has 0 aliphatic carbocycles. The molecule has 0 bridgehead atoms. The van der Waals surface area contributed by atoms with Crippen molar-refractivity contribution in [1.82, 2.24) is 14.5 Å². The van der Waals surface area contributed by atoms with Gasteiger partial charge in [0.15, 0.2) is 0 Å². The lowest BCUT2D eigenvalue weighted by Gasteiger charge is -2.36. The van der Waals surface area contributed by atoms with Crippen molar-refractivity contribution in [3.8, 4) is 17.0 Å². The van der Waals surface area contributed by atoms with Crippen molar-refractivity contribution in [3.05, 3.63) is 76.8 Å². The maximum atomic E-state index is 12.8. The fourth-order valence-electron chi connectivity index (χ4n) is 3.87. The van der Waals surface area contributed by atoms with Gasteiger partial charge < -0.3 is 14.5 Å². The lowest BCUT2D eigenvalue weighted by atomic mass is 10.1. The summed E-state index contributed by atoms with van der Waals surface area (Å²) in [4.78, 5) is 33.3. The Morgan fingerprint density at radius 3 is 2.32 bits per heavy atom. The van der Waals surface area contributed by atoms with Gasteiger partial charge >= 0.3 is 6.18 Å². The van der Waals surface area contributed by atoms with Gasteiger partial charge in [0.1, 0.15) is 12.3 Å². The molecular weight excluding hydrogens is 449 g/mol. The first-order valence-electron chi connectivity index (χ1n) is 10.7. The minimum atomic E-state index is -4.44. The Hall–Kier alpha value is -3.82. The first-order chi connectivity index (χ1) is 16.3. The van der Waals surface area contributed by atoms with E-state index in [9.17, 15) is 22.8 Å². The molecule has 0 saturated carbocycles. The Kier molecular flexibility index (Phi) is 6.58. The van der Waals surface area contributed by atoms with Crippen LogP contribution in [0.15, 0.2) is 65.7 Å². The first kappa shape index (κ1) is 23.3. The average molecular weight is 472 g/mol. The van der Waals surface area contributed by atoms with Gasteiger partial charge in [-0.3, -0.25) is 14.2 Å². The van der Waals surface area contributed by atoms with E-state index in [0.29, 0.717) is 31.7 Å². The molecule has 0 spiro atoms. The number of halogens is 3. The van der Waals surface area contributed by atoms with E-state index in [0.717, 1.165) is 23.6 Å². The van der Waals surface area contributed by atoms with E-state index in [4.69, 9.17) is 4.74 Å². The van der Waals surface area contributed by atoms with Crippen molar-refractivity contribution in [2.24, 2.45) is 0 Å². The molecule has 1 aromatic heterocycles. The lowest BCUT2D eigenvalue weighted by Crippen LogP contribution is -2.50. The third kappa shape index (κ3) is 5.05. The monoisotopic (exact) mass is 472 g/mol. The zero-order valence-electron chi connectivity index (χ0n) is 18.5. The number of alkyl halides is 3. The highest BCUT2D eigenvalue weighted by Crippen LogP contribution is 2.30. The Morgan fingerprint density at radius 2 is 1.71 bits per heavy atom. The molecule has 0 atom stereocenters. The van der Waals surface area contributed by atoms with Crippen LogP contribution in [0.25, 0.3) is 11.3 Å². The fourth-order valence-corrected chi connectivity index (χ4v) is 3.87. The minimum absolute atomic E-state index is 0.159. The summed E-state index contributed by atoms with van der Waals surface area (Å²) in [7, 11) is 1.62. The van der Waals surface area contributed by atoms with Crippen LogP contribution in [0.5, 0.6) is 5.75 Å². The van der Waals surface area contributed by atoms with E-state index in [-0.39, 0.29) is 18.1 Å². The summed E-state index contributed by atoms with van der Waals surface area (Å²) < 4.78 is 44.8. The van der Waals surface area contributed by atoms with Crippen LogP contribution in [0.4, 0.5) is 18.9 Å². The van der Waals surface area contributed by atoms with Gasteiger partial charge in [0, 0.05) is 37.8 Å². The van der Waals surface area contributed by atoms with E-state index >= 15 is 0 Å². The van der Waals surface area contributed by atoms with Crippen molar-refractivity contribution >= 4 is 11.6 Å². The zero-order valence-corrected chi connectivity index (χ0v) is 18.5. The van der Waals surface area contributed by atoms with Gasteiger partial charge in [-0.25, -0.2) is 4.98 Å². The van der Waals surface area contributed by atoms with Crippen molar-refractivity contribution in [3.63, 3.8) is 0 Å². The highest BCUT2D eigenvalue weighted by Gasteiger charge is 2.30. The van der Waals surface area contributed by atoms with E-state index in [2.05, 4.69) is 9.88 Å². The number of hydrogen-bond donors (Lipinski definition) is 0. The number of carbonyl (C=O) groups excluding carboxylic acids is 1. The lowest BCUT2D eigenvalue weighted by molar-refractivity contribution is -0.137. The molecule has 34 heavy (non-hydrogen) atoms. The number of aromatic nitrogens is 2. The van der Waals surface area contributed by atoms with Crippen LogP contribution in [0, 0.1) is 0 Å². The number of amides is 1. The van der Waals surface area contributed by atoms with Crippen molar-refractivity contribution in [1.29, 1.82) is 0 Å². The summed E-state index contributed by atoms with van der Waals surface area (Å²) >= 11 is 0. The summed E-state index contributed by atoms with van der Waals surface area (Å²) in [5.41, 5.74) is 0.368. The number of carbonyl (C=O) groups is 1. The SMILES string of the molecule is COc1ccccc1N1CCN(C(=O)Cn2cnc(-c3ccc(C(F)(F)F)cc3)cc2=O)CC1. The number of anilines is 1. The van der Waals surface area contributed by atoms with E-state index in [1.54, 1.807) is 12.0 Å². The van der Waals surface area contributed by atoms with Crippen molar-refractivity contribution in [2.75, 3.05) is 38.2 Å². The van der Waals surface area contributed by atoms with Gasteiger partial charge in [0.25, 0.3) is 5.56 Å². The molecule has 0 radical (unpaired) electrons. The maximum absolute atomic E-state index is 12.8. The van der Waals surface area contributed by atoms with Crippen LogP contribution < -0.4 is 15.2 Å². The summed E-state index contributed by atoms with van der Waals surface area (Å²) in [5.74, 6) is 0.568. The van der Waals surface area contributed by atoms with Gasteiger partial charge in [-0.05, 0) is 24.3 Å². The quantitative estimate of drug-likeness (QED) is 0.570. The predicted molar refractivity (Wildman–Crippen MR) is 121 cm³/mol. The molecule has 1 amide bonds. The summed E-state index contributed by atoms with van der Waals surface area (Å²) in [6, 6.07) is 13.3. The fraction of sp³-hybridized carbons (Fsp3) is 0.292. The van der Waals surface area contributed by atoms with E-state index in [1.165, 1.54) is 29.1 Å². The van der Waals surface area contributed by atoms with Crippen LogP contribution in [0.3, 0.4) is 0 Å². The van der Waals surface area contributed by atoms with E-state index in [1.807, 2.05) is 24.3 Å². The molecule has 10 heteroatoms. The second kappa shape index (κ2) is 9.58. The first-order valence-corrected chi connectivity index (χ1v) is 10.7. The minimum Gasteiger partial charge on any atom is -0.495 e. The molecule has 1 aliphatic rings. The second-order valence-electron chi connectivity index (χ2n) is 7.86. The molecule has 1 aliphatic heterocycles. The van der Waals surface area contributed by atoms with Gasteiger partial charge in [-0.2, -0.15) is 13.2 Å². The Labute approximate surface area is 194 Å². The summed E-state index contributed by atoms with van der Waals surface area (Å²) in [6.45, 7) is 2.11. The topological polar surface area (TPSA) is 67.7 Å². The normalized spacial score (nSPS) is 14.2. The molecule has 3 aromatic rings. The third-order valence-electron chi connectivity index (χ3n) is 5.75. The molecule has 178 valence electrons. The van der Waals surface area contributed by atoms with Crippen LogP contribution in [0.2, 0.25) is 0 Å². The number of piperazine rings is 1. The highest BCUT2D eigenvalue weighted by molar-refractivity contribution is 5.76. The number of methoxy groups -OCH3 is 1. The molecule has 2 aromatic carbocycles. The molecule has 1 saturated heterocycles. The van der Waals surface area contributed by atoms with Gasteiger partial charge in [0.05, 0.1) is 30.4 Å². The Morgan fingerprint density at radius 1 is 1.03 bits per heavy atom. The van der Waals surface area contributed by atoms with Crippen LogP contribution in [-0.4, -0.2) is 53.6 Å². The second-order valence-corrected chi connectivity index (χ2v) is 7.86. The average Bonchev–Trinajstić information content (AvgIpc) is 2.85.